The van der Waals surface area contributed by atoms with Gasteiger partial charge in [0.2, 0.25) is 0 Å². The van der Waals surface area contributed by atoms with Crippen molar-refractivity contribution in [3.05, 3.63) is 35.9 Å². The van der Waals surface area contributed by atoms with Gasteiger partial charge in [-0.1, -0.05) is 18.7 Å². The Morgan fingerprint density at radius 3 is 2.42 bits per heavy atom. The summed E-state index contributed by atoms with van der Waals surface area (Å²) in [5.41, 5.74) is 6.38. The molecule has 2 N–H and O–H groups in total. The lowest BCUT2D eigenvalue weighted by Gasteiger charge is -2.32. The normalized spacial score (nSPS) is 15.3. The number of piperazine rings is 1. The minimum absolute atomic E-state index is 0.697. The summed E-state index contributed by atoms with van der Waals surface area (Å²) in [4.78, 5) is 7.42. The summed E-state index contributed by atoms with van der Waals surface area (Å²) < 4.78 is 10.6. The average molecular weight is 443 g/mol. The van der Waals surface area contributed by atoms with Gasteiger partial charge in [-0.2, -0.15) is 0 Å². The lowest BCUT2D eigenvalue weighted by molar-refractivity contribution is 0.190. The Labute approximate surface area is 190 Å². The van der Waals surface area contributed by atoms with Gasteiger partial charge in [0.25, 0.3) is 0 Å². The van der Waals surface area contributed by atoms with Crippen molar-refractivity contribution < 1.29 is 9.47 Å². The van der Waals surface area contributed by atoms with E-state index in [-0.39, 0.29) is 0 Å². The van der Waals surface area contributed by atoms with Crippen LogP contribution in [0, 0.1) is 0 Å². The van der Waals surface area contributed by atoms with Gasteiger partial charge in [0, 0.05) is 74.7 Å². The van der Waals surface area contributed by atoms with Crippen molar-refractivity contribution in [3.8, 4) is 0 Å². The second-order valence-corrected chi connectivity index (χ2v) is 9.03. The number of fused-ring (bicyclic) bond motifs is 2. The Hall–Kier alpha value is -1.93. The summed E-state index contributed by atoms with van der Waals surface area (Å²) in [7, 11) is 3.50. The minimum atomic E-state index is 0.697. The lowest BCUT2D eigenvalue weighted by Crippen LogP contribution is -2.43. The molecule has 1 fully saturated rings. The van der Waals surface area contributed by atoms with E-state index in [0.29, 0.717) is 13.2 Å². The van der Waals surface area contributed by atoms with Crippen LogP contribution >= 0.6 is 11.8 Å². The number of hydrogen-bond acceptors (Lipinski definition) is 7. The molecule has 2 aliphatic rings. The molecular weight excluding hydrogens is 408 g/mol. The van der Waals surface area contributed by atoms with Crippen molar-refractivity contribution in [1.29, 1.82) is 0 Å². The van der Waals surface area contributed by atoms with E-state index < -0.39 is 0 Å². The molecule has 0 unspecified atom stereocenters. The summed E-state index contributed by atoms with van der Waals surface area (Å²) >= 11 is 1.88. The molecule has 4 rings (SSSR count). The van der Waals surface area contributed by atoms with E-state index in [4.69, 9.17) is 9.47 Å². The van der Waals surface area contributed by atoms with Crippen LogP contribution in [-0.4, -0.2) is 66.7 Å². The van der Waals surface area contributed by atoms with Crippen molar-refractivity contribution >= 4 is 34.5 Å². The molecule has 31 heavy (non-hydrogen) atoms. The van der Waals surface area contributed by atoms with E-state index in [1.54, 1.807) is 14.2 Å². The molecule has 0 aliphatic carbocycles. The molecule has 168 valence electrons. The quantitative estimate of drug-likeness (QED) is 0.520. The van der Waals surface area contributed by atoms with Crippen molar-refractivity contribution in [1.82, 2.24) is 5.32 Å². The largest absolute Gasteiger partial charge is 0.383 e. The van der Waals surface area contributed by atoms with Crippen LogP contribution in [0.25, 0.3) is 0 Å². The van der Waals surface area contributed by atoms with Crippen molar-refractivity contribution in [2.24, 2.45) is 0 Å². The van der Waals surface area contributed by atoms with E-state index in [2.05, 4.69) is 57.7 Å². The van der Waals surface area contributed by atoms with Gasteiger partial charge in [0.05, 0.1) is 24.6 Å². The standard InChI is InChI=1S/C24H34N4O2S/c1-4-18-15-20(27-9-7-25-8-10-27)17-23-24(18)26-21-6-5-19(16-22(21)31-23)28(11-13-29-2)12-14-30-3/h5-6,15-17,25-26H,4,7-14H2,1-3H3. The second kappa shape index (κ2) is 10.6. The highest BCUT2D eigenvalue weighted by molar-refractivity contribution is 7.99. The molecular formula is C24H34N4O2S. The Kier molecular flexibility index (Phi) is 7.61. The van der Waals surface area contributed by atoms with Crippen LogP contribution < -0.4 is 20.4 Å². The number of benzene rings is 2. The highest BCUT2D eigenvalue weighted by atomic mass is 32.2. The maximum absolute atomic E-state index is 5.32. The van der Waals surface area contributed by atoms with Crippen LogP contribution in [0.5, 0.6) is 0 Å². The van der Waals surface area contributed by atoms with Crippen molar-refractivity contribution in [3.63, 3.8) is 0 Å². The molecule has 0 saturated carbocycles. The van der Waals surface area contributed by atoms with Crippen LogP contribution in [0.1, 0.15) is 12.5 Å². The number of rotatable bonds is 9. The Morgan fingerprint density at radius 1 is 1.00 bits per heavy atom. The molecule has 2 aromatic carbocycles. The molecule has 0 bridgehead atoms. The highest BCUT2D eigenvalue weighted by Crippen LogP contribution is 2.48. The van der Waals surface area contributed by atoms with Gasteiger partial charge in [0.15, 0.2) is 0 Å². The third-order valence-corrected chi connectivity index (χ3v) is 7.07. The van der Waals surface area contributed by atoms with Crippen LogP contribution in [0.2, 0.25) is 0 Å². The molecule has 0 spiro atoms. The van der Waals surface area contributed by atoms with Gasteiger partial charge in [-0.3, -0.25) is 0 Å². The summed E-state index contributed by atoms with van der Waals surface area (Å²) in [5.74, 6) is 0. The zero-order valence-electron chi connectivity index (χ0n) is 18.9. The fourth-order valence-electron chi connectivity index (χ4n) is 4.19. The maximum atomic E-state index is 5.32. The Bertz CT molecular complexity index is 878. The Morgan fingerprint density at radius 2 is 1.74 bits per heavy atom. The summed E-state index contributed by atoms with van der Waals surface area (Å²) in [6.45, 7) is 9.56. The number of nitrogens with zero attached hydrogens (tertiary/aromatic N) is 2. The highest BCUT2D eigenvalue weighted by Gasteiger charge is 2.22. The topological polar surface area (TPSA) is 49.0 Å². The van der Waals surface area contributed by atoms with Crippen LogP contribution in [0.3, 0.4) is 0 Å². The van der Waals surface area contributed by atoms with Crippen LogP contribution in [-0.2, 0) is 15.9 Å². The second-order valence-electron chi connectivity index (χ2n) is 7.95. The zero-order valence-corrected chi connectivity index (χ0v) is 19.7. The van der Waals surface area contributed by atoms with E-state index in [1.807, 2.05) is 11.8 Å². The molecule has 7 heteroatoms. The smallest absolute Gasteiger partial charge is 0.0637 e. The predicted octanol–water partition coefficient (Wildman–Crippen LogP) is 3.97. The molecule has 0 atom stereocenters. The van der Waals surface area contributed by atoms with Gasteiger partial charge < -0.3 is 29.9 Å². The average Bonchev–Trinajstić information content (AvgIpc) is 2.82. The number of hydrogen-bond donors (Lipinski definition) is 2. The SMILES string of the molecule is CCc1cc(N2CCNCC2)cc2c1Nc1ccc(N(CCOC)CCOC)cc1S2. The van der Waals surface area contributed by atoms with Crippen LogP contribution in [0.4, 0.5) is 22.7 Å². The summed E-state index contributed by atoms with van der Waals surface area (Å²) in [6, 6.07) is 11.4. The first kappa shape index (κ1) is 22.3. The summed E-state index contributed by atoms with van der Waals surface area (Å²) in [5, 5.41) is 7.18. The van der Waals surface area contributed by atoms with Gasteiger partial charge in [-0.15, -0.1) is 0 Å². The van der Waals surface area contributed by atoms with Gasteiger partial charge in [-0.05, 0) is 42.3 Å². The maximum Gasteiger partial charge on any atom is 0.0637 e. The molecule has 2 heterocycles. The lowest BCUT2D eigenvalue weighted by atomic mass is 10.1. The van der Waals surface area contributed by atoms with Crippen molar-refractivity contribution in [2.75, 3.05) is 81.8 Å². The van der Waals surface area contributed by atoms with E-state index in [1.165, 1.54) is 38.1 Å². The van der Waals surface area contributed by atoms with E-state index in [9.17, 15) is 0 Å². The molecule has 0 amide bonds. The molecule has 6 nitrogen and oxygen atoms in total. The molecule has 0 aromatic heterocycles. The monoisotopic (exact) mass is 442 g/mol. The fraction of sp³-hybridized carbons (Fsp3) is 0.500. The number of methoxy groups -OCH3 is 2. The molecule has 0 radical (unpaired) electrons. The predicted molar refractivity (Wildman–Crippen MR) is 131 cm³/mol. The molecule has 2 aromatic rings. The van der Waals surface area contributed by atoms with Gasteiger partial charge in [-0.25, -0.2) is 0 Å². The fourth-order valence-corrected chi connectivity index (χ4v) is 5.29. The molecule has 1 saturated heterocycles. The number of aryl methyl sites for hydroxylation is 1. The first-order chi connectivity index (χ1) is 15.2. The Balaban J connectivity index is 1.61. The third-order valence-electron chi connectivity index (χ3n) is 5.97. The number of anilines is 4. The number of nitrogens with one attached hydrogen (secondary N) is 2. The van der Waals surface area contributed by atoms with Crippen LogP contribution in [0.15, 0.2) is 40.1 Å². The van der Waals surface area contributed by atoms with Crippen molar-refractivity contribution in [2.45, 2.75) is 23.1 Å². The van der Waals surface area contributed by atoms with Gasteiger partial charge >= 0.3 is 0 Å². The minimum Gasteiger partial charge on any atom is -0.383 e. The molecule has 2 aliphatic heterocycles. The first-order valence-corrected chi connectivity index (χ1v) is 12.0. The zero-order chi connectivity index (χ0) is 21.6. The third kappa shape index (κ3) is 5.12. The number of ether oxygens (including phenoxy) is 2. The van der Waals surface area contributed by atoms with E-state index in [0.717, 1.165) is 45.7 Å². The first-order valence-electron chi connectivity index (χ1n) is 11.2. The summed E-state index contributed by atoms with van der Waals surface area (Å²) in [6.07, 6.45) is 1.02. The van der Waals surface area contributed by atoms with E-state index >= 15 is 0 Å². The van der Waals surface area contributed by atoms with Gasteiger partial charge in [0.1, 0.15) is 0 Å².